The molecule has 0 N–H and O–H groups in total. The van der Waals surface area contributed by atoms with Gasteiger partial charge in [-0.25, -0.2) is 0 Å². The minimum Gasteiger partial charge on any atom is -0.367 e. The van der Waals surface area contributed by atoms with Gasteiger partial charge in [-0.3, -0.25) is 0 Å². The fourth-order valence-electron chi connectivity index (χ4n) is 1.11. The molecule has 0 spiro atoms. The van der Waals surface area contributed by atoms with Crippen molar-refractivity contribution in [1.29, 1.82) is 0 Å². The van der Waals surface area contributed by atoms with Gasteiger partial charge in [-0.2, -0.15) is 0 Å². The zero-order valence-corrected chi connectivity index (χ0v) is 7.21. The van der Waals surface area contributed by atoms with E-state index in [1.165, 1.54) is 6.42 Å². The van der Waals surface area contributed by atoms with Crippen LogP contribution in [0.4, 0.5) is 0 Å². The maximum Gasteiger partial charge on any atom is 0.146 e. The Morgan fingerprint density at radius 3 is 2.82 bits per heavy atom. The lowest BCUT2D eigenvalue weighted by Gasteiger charge is -1.97. The molecule has 3 heteroatoms. The van der Waals surface area contributed by atoms with Crippen molar-refractivity contribution in [2.24, 2.45) is 0 Å². The van der Waals surface area contributed by atoms with Crippen LogP contribution in [-0.4, -0.2) is 32.7 Å². The van der Waals surface area contributed by atoms with Gasteiger partial charge in [0.05, 0.1) is 12.7 Å². The van der Waals surface area contributed by atoms with Crippen LogP contribution < -0.4 is 0 Å². The highest BCUT2D eigenvalue weighted by Crippen LogP contribution is 2.26. The number of hydrogen-bond acceptors (Lipinski definition) is 3. The third kappa shape index (κ3) is 3.18. The van der Waals surface area contributed by atoms with Crippen LogP contribution >= 0.6 is 0 Å². The first kappa shape index (κ1) is 8.97. The molecule has 2 atom stereocenters. The Morgan fingerprint density at radius 1 is 1.36 bits per heavy atom. The Morgan fingerprint density at radius 2 is 2.18 bits per heavy atom. The van der Waals surface area contributed by atoms with Crippen LogP contribution in [0.2, 0.25) is 0 Å². The van der Waals surface area contributed by atoms with E-state index in [9.17, 15) is 0 Å². The average Bonchev–Trinajstić information content (AvgIpc) is 2.70. The van der Waals surface area contributed by atoms with Crippen molar-refractivity contribution in [3.63, 3.8) is 0 Å². The van der Waals surface area contributed by atoms with Gasteiger partial charge in [-0.1, -0.05) is 13.3 Å². The largest absolute Gasteiger partial charge is 0.367 e. The third-order valence-electron chi connectivity index (χ3n) is 1.74. The van der Waals surface area contributed by atoms with E-state index in [1.807, 2.05) is 0 Å². The summed E-state index contributed by atoms with van der Waals surface area (Å²) in [6.45, 7) is 3.21. The van der Waals surface area contributed by atoms with Gasteiger partial charge in [-0.15, -0.1) is 0 Å². The first-order valence-electron chi connectivity index (χ1n) is 4.10. The van der Waals surface area contributed by atoms with Gasteiger partial charge in [0.25, 0.3) is 0 Å². The molecule has 0 radical (unpaired) electrons. The molecular formula is C8H16O3. The smallest absolute Gasteiger partial charge is 0.146 e. The van der Waals surface area contributed by atoms with Gasteiger partial charge in [0.2, 0.25) is 0 Å². The first-order valence-corrected chi connectivity index (χ1v) is 4.10. The first-order chi connectivity index (χ1) is 5.38. The summed E-state index contributed by atoms with van der Waals surface area (Å²) in [7, 11) is 1.62. The van der Waals surface area contributed by atoms with Crippen LogP contribution in [0.5, 0.6) is 0 Å². The maximum atomic E-state index is 5.32. The van der Waals surface area contributed by atoms with Crippen LogP contribution in [0, 0.1) is 0 Å². The summed E-state index contributed by atoms with van der Waals surface area (Å²) < 4.78 is 15.2. The second-order valence-electron chi connectivity index (χ2n) is 2.78. The summed E-state index contributed by atoms with van der Waals surface area (Å²) in [6.07, 6.45) is 3.13. The number of methoxy groups -OCH3 is 1. The van der Waals surface area contributed by atoms with Gasteiger partial charge in [0.1, 0.15) is 12.9 Å². The standard InChI is InChI=1S/C8H16O3/c1-3-4-7-8(11-7)5-10-6-9-2/h7-8H,3-6H2,1-2H3/t7-,8-/m0/s1. The highest BCUT2D eigenvalue weighted by Gasteiger charge is 2.37. The molecule has 1 aliphatic rings. The molecule has 11 heavy (non-hydrogen) atoms. The average molecular weight is 160 g/mol. The van der Waals surface area contributed by atoms with Crippen molar-refractivity contribution in [1.82, 2.24) is 0 Å². The van der Waals surface area contributed by atoms with Gasteiger partial charge in [0, 0.05) is 7.11 Å². The normalized spacial score (nSPS) is 28.9. The topological polar surface area (TPSA) is 31.0 Å². The van der Waals surface area contributed by atoms with Crippen LogP contribution in [0.3, 0.4) is 0 Å². The Balaban J connectivity index is 1.87. The fourth-order valence-corrected chi connectivity index (χ4v) is 1.11. The summed E-state index contributed by atoms with van der Waals surface area (Å²) >= 11 is 0. The summed E-state index contributed by atoms with van der Waals surface area (Å²) in [5.74, 6) is 0. The molecule has 0 aromatic rings. The van der Waals surface area contributed by atoms with Gasteiger partial charge < -0.3 is 14.2 Å². The number of rotatable bonds is 6. The maximum absolute atomic E-state index is 5.32. The monoisotopic (exact) mass is 160 g/mol. The second-order valence-corrected chi connectivity index (χ2v) is 2.78. The van der Waals surface area contributed by atoms with E-state index in [0.717, 1.165) is 6.42 Å². The molecule has 1 heterocycles. The zero-order chi connectivity index (χ0) is 8.10. The predicted octanol–water partition coefficient (Wildman–Crippen LogP) is 1.17. The van der Waals surface area contributed by atoms with Crippen molar-refractivity contribution in [3.05, 3.63) is 0 Å². The van der Waals surface area contributed by atoms with Gasteiger partial charge in [-0.05, 0) is 6.42 Å². The van der Waals surface area contributed by atoms with Crippen LogP contribution in [0.25, 0.3) is 0 Å². The van der Waals surface area contributed by atoms with E-state index in [4.69, 9.17) is 14.2 Å². The van der Waals surface area contributed by atoms with Crippen molar-refractivity contribution < 1.29 is 14.2 Å². The lowest BCUT2D eigenvalue weighted by atomic mass is 10.2. The molecule has 1 fully saturated rings. The van der Waals surface area contributed by atoms with E-state index >= 15 is 0 Å². The molecule has 1 aliphatic heterocycles. The fraction of sp³-hybridized carbons (Fsp3) is 1.00. The molecule has 1 rings (SSSR count). The predicted molar refractivity (Wildman–Crippen MR) is 41.4 cm³/mol. The molecule has 1 saturated heterocycles. The van der Waals surface area contributed by atoms with Gasteiger partial charge >= 0.3 is 0 Å². The molecule has 66 valence electrons. The van der Waals surface area contributed by atoms with Crippen molar-refractivity contribution in [3.8, 4) is 0 Å². The number of epoxide rings is 1. The molecular weight excluding hydrogens is 144 g/mol. The minimum atomic E-state index is 0.338. The molecule has 0 aromatic heterocycles. The Kier molecular flexibility index (Phi) is 3.83. The van der Waals surface area contributed by atoms with E-state index in [-0.39, 0.29) is 0 Å². The molecule has 0 unspecified atom stereocenters. The lowest BCUT2D eigenvalue weighted by Crippen LogP contribution is -2.06. The summed E-state index contributed by atoms with van der Waals surface area (Å²) in [4.78, 5) is 0. The molecule has 0 saturated carbocycles. The molecule has 0 aliphatic carbocycles. The Hall–Kier alpha value is -0.120. The Labute approximate surface area is 67.6 Å². The highest BCUT2D eigenvalue weighted by atomic mass is 16.7. The van der Waals surface area contributed by atoms with E-state index in [0.29, 0.717) is 25.6 Å². The second kappa shape index (κ2) is 4.70. The molecule has 0 aromatic carbocycles. The molecule has 0 amide bonds. The zero-order valence-electron chi connectivity index (χ0n) is 7.21. The quantitative estimate of drug-likeness (QED) is 0.332. The molecule has 3 nitrogen and oxygen atoms in total. The molecule has 0 bridgehead atoms. The highest BCUT2D eigenvalue weighted by molar-refractivity contribution is 4.83. The number of hydrogen-bond donors (Lipinski definition) is 0. The SMILES string of the molecule is CCC[C@@H]1O[C@H]1COCOC. The van der Waals surface area contributed by atoms with Crippen LogP contribution in [0.15, 0.2) is 0 Å². The van der Waals surface area contributed by atoms with Crippen molar-refractivity contribution >= 4 is 0 Å². The van der Waals surface area contributed by atoms with Crippen molar-refractivity contribution in [2.75, 3.05) is 20.5 Å². The van der Waals surface area contributed by atoms with E-state index in [2.05, 4.69) is 6.92 Å². The third-order valence-corrected chi connectivity index (χ3v) is 1.74. The summed E-state index contributed by atoms with van der Waals surface area (Å²) in [6, 6.07) is 0. The van der Waals surface area contributed by atoms with E-state index in [1.54, 1.807) is 7.11 Å². The minimum absolute atomic E-state index is 0.338. The van der Waals surface area contributed by atoms with Crippen LogP contribution in [-0.2, 0) is 14.2 Å². The number of ether oxygens (including phenoxy) is 3. The van der Waals surface area contributed by atoms with Gasteiger partial charge in [0.15, 0.2) is 0 Å². The lowest BCUT2D eigenvalue weighted by molar-refractivity contribution is -0.0351. The summed E-state index contributed by atoms with van der Waals surface area (Å²) in [5.41, 5.74) is 0. The summed E-state index contributed by atoms with van der Waals surface area (Å²) in [5, 5.41) is 0. The van der Waals surface area contributed by atoms with Crippen LogP contribution in [0.1, 0.15) is 19.8 Å². The van der Waals surface area contributed by atoms with Crippen molar-refractivity contribution in [2.45, 2.75) is 32.0 Å². The Bertz CT molecular complexity index is 106. The van der Waals surface area contributed by atoms with E-state index < -0.39 is 0 Å².